The van der Waals surface area contributed by atoms with Crippen LogP contribution in [-0.4, -0.2) is 29.9 Å². The van der Waals surface area contributed by atoms with Crippen molar-refractivity contribution >= 4 is 35.3 Å². The number of fused-ring (bicyclic) bond motifs is 1. The molecule has 1 aromatic heterocycles. The van der Waals surface area contributed by atoms with Gasteiger partial charge in [-0.2, -0.15) is 0 Å². The molecule has 8 heteroatoms. The highest BCUT2D eigenvalue weighted by Gasteiger charge is 2.16. The molecule has 0 radical (unpaired) electrons. The summed E-state index contributed by atoms with van der Waals surface area (Å²) in [5.74, 6) is 1.04. The highest BCUT2D eigenvalue weighted by atomic mass is 16.2. The van der Waals surface area contributed by atoms with Crippen LogP contribution in [0.4, 0.5) is 27.8 Å². The maximum absolute atomic E-state index is 11.7. The van der Waals surface area contributed by atoms with Crippen molar-refractivity contribution in [3.05, 3.63) is 42.0 Å². The van der Waals surface area contributed by atoms with Crippen LogP contribution in [0.25, 0.3) is 0 Å². The molecule has 2 amide bonds. The van der Waals surface area contributed by atoms with Crippen molar-refractivity contribution in [1.29, 1.82) is 0 Å². The van der Waals surface area contributed by atoms with Crippen molar-refractivity contribution in [3.63, 3.8) is 0 Å². The number of aryl methyl sites for hydroxylation is 1. The Balaban J connectivity index is 1.66. The average Bonchev–Trinajstić information content (AvgIpc) is 2.61. The van der Waals surface area contributed by atoms with Crippen LogP contribution in [0.5, 0.6) is 0 Å². The second kappa shape index (κ2) is 7.63. The number of carbonyl (C=O) groups excluding carboxylic acids is 1. The smallest absolute Gasteiger partial charge is 0.334 e. The van der Waals surface area contributed by atoms with E-state index in [0.717, 1.165) is 11.4 Å². The largest absolute Gasteiger partial charge is 0.361 e. The number of carbonyl (C=O) groups is 1. The number of amides is 2. The first-order valence-electron chi connectivity index (χ1n) is 8.09. The summed E-state index contributed by atoms with van der Waals surface area (Å²) in [5, 5.41) is 9.25. The number of hydrogen-bond donors (Lipinski definition) is 5. The number of rotatable bonds is 5. The maximum atomic E-state index is 11.7. The summed E-state index contributed by atoms with van der Waals surface area (Å²) in [6, 6.07) is 11.2. The Bertz CT molecular complexity index is 773. The molecule has 0 fully saturated rings. The van der Waals surface area contributed by atoms with E-state index in [9.17, 15) is 4.79 Å². The zero-order valence-corrected chi connectivity index (χ0v) is 14.1. The first-order chi connectivity index (χ1) is 12.1. The van der Waals surface area contributed by atoms with E-state index in [0.29, 0.717) is 18.2 Å². The quantitative estimate of drug-likeness (QED) is 0.539. The molecular formula is C17H21N7O. The number of urea groups is 1. The lowest BCUT2D eigenvalue weighted by Crippen LogP contribution is -2.40. The van der Waals surface area contributed by atoms with E-state index in [4.69, 9.17) is 0 Å². The number of aliphatic imine (C=N–C) groups is 1. The first kappa shape index (κ1) is 16.7. The van der Waals surface area contributed by atoms with Gasteiger partial charge in [-0.25, -0.2) is 15.2 Å². The highest BCUT2D eigenvalue weighted by Crippen LogP contribution is 2.28. The highest BCUT2D eigenvalue weighted by molar-refractivity contribution is 5.89. The van der Waals surface area contributed by atoms with Gasteiger partial charge in [0, 0.05) is 18.4 Å². The molecule has 3 rings (SSSR count). The van der Waals surface area contributed by atoms with Crippen molar-refractivity contribution in [2.75, 3.05) is 22.5 Å². The zero-order valence-electron chi connectivity index (χ0n) is 14.1. The number of pyridine rings is 1. The van der Waals surface area contributed by atoms with Crippen molar-refractivity contribution in [2.45, 2.75) is 20.0 Å². The Morgan fingerprint density at radius 3 is 2.76 bits per heavy atom. The van der Waals surface area contributed by atoms with Crippen LogP contribution in [0.15, 0.2) is 41.4 Å². The third kappa shape index (κ3) is 4.45. The predicted molar refractivity (Wildman–Crippen MR) is 100 cm³/mol. The molecule has 8 nitrogen and oxygen atoms in total. The number of anilines is 3. The number of nitrogens with zero attached hydrogens (tertiary/aromatic N) is 2. The molecule has 0 saturated heterocycles. The van der Waals surface area contributed by atoms with E-state index >= 15 is 0 Å². The third-order valence-corrected chi connectivity index (χ3v) is 3.52. The minimum Gasteiger partial charge on any atom is -0.361 e. The molecule has 25 heavy (non-hydrogen) atoms. The minimum atomic E-state index is -0.372. The number of nitrogens with one attached hydrogen (secondary N) is 5. The van der Waals surface area contributed by atoms with Gasteiger partial charge in [-0.3, -0.25) is 15.7 Å². The van der Waals surface area contributed by atoms with Crippen molar-refractivity contribution in [3.8, 4) is 0 Å². The summed E-state index contributed by atoms with van der Waals surface area (Å²) in [6.07, 6.45) is 1.60. The molecule has 130 valence electrons. The minimum absolute atomic E-state index is 0.187. The molecule has 2 aromatic rings. The van der Waals surface area contributed by atoms with Gasteiger partial charge >= 0.3 is 6.03 Å². The fraction of sp³-hybridized carbons (Fsp3) is 0.235. The van der Waals surface area contributed by atoms with Gasteiger partial charge in [0.05, 0.1) is 0 Å². The molecule has 1 aliphatic heterocycles. The lowest BCUT2D eigenvalue weighted by Gasteiger charge is -2.23. The molecule has 0 spiro atoms. The molecule has 0 bridgehead atoms. The molecule has 2 heterocycles. The summed E-state index contributed by atoms with van der Waals surface area (Å²) >= 11 is 0. The molecule has 1 unspecified atom stereocenters. The number of hydrazine groups is 1. The Kier molecular flexibility index (Phi) is 5.10. The van der Waals surface area contributed by atoms with Crippen molar-refractivity contribution < 1.29 is 4.79 Å². The van der Waals surface area contributed by atoms with E-state index in [1.54, 1.807) is 18.3 Å². The van der Waals surface area contributed by atoms with Gasteiger partial charge in [0.1, 0.15) is 17.7 Å². The van der Waals surface area contributed by atoms with Crippen molar-refractivity contribution in [2.24, 2.45) is 4.99 Å². The van der Waals surface area contributed by atoms with E-state index < -0.39 is 0 Å². The summed E-state index contributed by atoms with van der Waals surface area (Å²) in [7, 11) is 0. The summed E-state index contributed by atoms with van der Waals surface area (Å²) in [4.78, 5) is 20.5. The Morgan fingerprint density at radius 2 is 2.00 bits per heavy atom. The molecule has 5 N–H and O–H groups in total. The molecule has 0 aliphatic carbocycles. The zero-order chi connectivity index (χ0) is 17.6. The normalized spacial score (nSPS) is 15.0. The second-order valence-electron chi connectivity index (χ2n) is 5.58. The van der Waals surface area contributed by atoms with Crippen LogP contribution in [0.1, 0.15) is 12.5 Å². The van der Waals surface area contributed by atoms with E-state index in [1.165, 1.54) is 5.56 Å². The molecule has 1 atom stereocenters. The Hall–Kier alpha value is -3.13. The molecule has 1 aliphatic rings. The van der Waals surface area contributed by atoms with Gasteiger partial charge in [-0.05, 0) is 31.2 Å². The van der Waals surface area contributed by atoms with E-state index in [-0.39, 0.29) is 12.2 Å². The Morgan fingerprint density at radius 1 is 1.20 bits per heavy atom. The van der Waals surface area contributed by atoms with Crippen LogP contribution in [0.2, 0.25) is 0 Å². The number of benzene rings is 1. The van der Waals surface area contributed by atoms with Crippen LogP contribution in [-0.2, 0) is 0 Å². The van der Waals surface area contributed by atoms with Gasteiger partial charge in [-0.1, -0.05) is 24.6 Å². The monoisotopic (exact) mass is 339 g/mol. The lowest BCUT2D eigenvalue weighted by molar-refractivity contribution is 0.248. The predicted octanol–water partition coefficient (Wildman–Crippen LogP) is 2.60. The summed E-state index contributed by atoms with van der Waals surface area (Å²) in [6.45, 7) is 4.57. The molecular weight excluding hydrogens is 318 g/mol. The van der Waals surface area contributed by atoms with Crippen LogP contribution < -0.4 is 26.8 Å². The topological polar surface area (TPSA) is 102 Å². The van der Waals surface area contributed by atoms with Gasteiger partial charge in [0.15, 0.2) is 5.82 Å². The van der Waals surface area contributed by atoms with Gasteiger partial charge in [0.2, 0.25) is 0 Å². The average molecular weight is 339 g/mol. The Labute approximate surface area is 146 Å². The lowest BCUT2D eigenvalue weighted by atomic mass is 10.2. The van der Waals surface area contributed by atoms with Crippen LogP contribution >= 0.6 is 0 Å². The standard InChI is InChI=1S/C17H21N7O/c1-3-19-24-17(25)23-14-9-8-13-16(21-14)22-15(10-18-13)20-12-6-4-11(2)5-7-12/h4-10,15,19-20H,3H2,1-2H3,(H3,21,22,23,24,25). The van der Waals surface area contributed by atoms with Crippen LogP contribution in [0.3, 0.4) is 0 Å². The van der Waals surface area contributed by atoms with E-state index in [2.05, 4.69) is 36.8 Å². The maximum Gasteiger partial charge on any atom is 0.334 e. The number of hydrogen-bond acceptors (Lipinski definition) is 6. The van der Waals surface area contributed by atoms with Crippen molar-refractivity contribution in [1.82, 2.24) is 15.8 Å². The second-order valence-corrected chi connectivity index (χ2v) is 5.58. The first-order valence-corrected chi connectivity index (χ1v) is 8.09. The van der Waals surface area contributed by atoms with E-state index in [1.807, 2.05) is 38.1 Å². The molecule has 0 saturated carbocycles. The SMILES string of the molecule is CCNNC(=O)Nc1ccc2c(n1)NC(Nc1ccc(C)cc1)C=N2. The van der Waals surface area contributed by atoms with Gasteiger partial charge < -0.3 is 10.6 Å². The molecule has 1 aromatic carbocycles. The van der Waals surface area contributed by atoms with Gasteiger partial charge in [-0.15, -0.1) is 0 Å². The number of aromatic nitrogens is 1. The summed E-state index contributed by atoms with van der Waals surface area (Å²) in [5.41, 5.74) is 8.14. The summed E-state index contributed by atoms with van der Waals surface area (Å²) < 4.78 is 0. The third-order valence-electron chi connectivity index (χ3n) is 3.52. The fourth-order valence-electron chi connectivity index (χ4n) is 2.29. The van der Waals surface area contributed by atoms with Crippen LogP contribution in [0, 0.1) is 6.92 Å². The van der Waals surface area contributed by atoms with Gasteiger partial charge in [0.25, 0.3) is 0 Å². The fourth-order valence-corrected chi connectivity index (χ4v) is 2.29.